The summed E-state index contributed by atoms with van der Waals surface area (Å²) in [5, 5.41) is 5.57. The summed E-state index contributed by atoms with van der Waals surface area (Å²) in [5.41, 5.74) is 7.41. The fraction of sp³-hybridized carbons (Fsp3) is 0.367. The largest absolute Gasteiger partial charge is 0.486 e. The zero-order valence-corrected chi connectivity index (χ0v) is 25.2. The van der Waals surface area contributed by atoms with Crippen LogP contribution in [0.25, 0.3) is 0 Å². The maximum absolute atomic E-state index is 14.1. The van der Waals surface area contributed by atoms with Crippen LogP contribution < -0.4 is 25.8 Å². The molecule has 2 aromatic carbocycles. The highest BCUT2D eigenvalue weighted by molar-refractivity contribution is 6.33. The summed E-state index contributed by atoms with van der Waals surface area (Å²) in [6.07, 6.45) is 0.726. The summed E-state index contributed by atoms with van der Waals surface area (Å²) >= 11 is 6.42. The Bertz CT molecular complexity index is 1480. The number of fused-ring (bicyclic) bond motifs is 1. The van der Waals surface area contributed by atoms with Crippen molar-refractivity contribution in [1.82, 2.24) is 20.2 Å². The summed E-state index contributed by atoms with van der Waals surface area (Å²) in [7, 11) is 0. The summed E-state index contributed by atoms with van der Waals surface area (Å²) < 4.78 is 16.5. The average Bonchev–Trinajstić information content (AvgIpc) is 2.95. The van der Waals surface area contributed by atoms with Gasteiger partial charge in [-0.05, 0) is 51.0 Å². The van der Waals surface area contributed by atoms with Crippen molar-refractivity contribution in [2.45, 2.75) is 45.9 Å². The van der Waals surface area contributed by atoms with E-state index in [1.165, 1.54) is 11.1 Å². The molecular weight excluding hydrogens is 576 g/mol. The van der Waals surface area contributed by atoms with Crippen LogP contribution in [0.2, 0.25) is 5.02 Å². The number of nitrogens with one attached hydrogen (secondary N) is 2. The molecule has 3 aromatic rings. The second-order valence-corrected chi connectivity index (χ2v) is 11.3. The fourth-order valence-corrected chi connectivity index (χ4v) is 4.46. The van der Waals surface area contributed by atoms with Gasteiger partial charge in [0.2, 0.25) is 11.9 Å². The van der Waals surface area contributed by atoms with Crippen LogP contribution in [-0.4, -0.2) is 64.7 Å². The van der Waals surface area contributed by atoms with E-state index in [1.807, 2.05) is 31.2 Å². The van der Waals surface area contributed by atoms with Gasteiger partial charge in [-0.1, -0.05) is 47.5 Å². The summed E-state index contributed by atoms with van der Waals surface area (Å²) in [4.78, 5) is 48.8. The lowest BCUT2D eigenvalue weighted by Crippen LogP contribution is -2.42. The number of nitrogens with zero attached hydrogens (tertiary/aromatic N) is 3. The van der Waals surface area contributed by atoms with Crippen molar-refractivity contribution in [3.63, 3.8) is 0 Å². The summed E-state index contributed by atoms with van der Waals surface area (Å²) in [5.74, 6) is -0.311. The van der Waals surface area contributed by atoms with E-state index in [-0.39, 0.29) is 36.3 Å². The van der Waals surface area contributed by atoms with Gasteiger partial charge in [-0.3, -0.25) is 9.59 Å². The lowest BCUT2D eigenvalue weighted by atomic mass is 10.0. The Morgan fingerprint density at radius 1 is 1.07 bits per heavy atom. The molecule has 0 fully saturated rings. The standard InChI is InChI=1S/C30H35ClN6O6/c1-18-5-7-19(8-6-18)17-37(25(26(32)38)20-9-10-22-23(15-20)42-14-13-41-22)27(39)24-21(31)16-35-28(36-24)33-11-12-34-29(40)43-30(2,3)4/h5-10,15-16,25H,11-14,17H2,1-4H3,(H2,32,38)(H,34,40)(H,33,35,36). The smallest absolute Gasteiger partial charge is 0.407 e. The quantitative estimate of drug-likeness (QED) is 0.288. The van der Waals surface area contributed by atoms with Gasteiger partial charge in [-0.2, -0.15) is 0 Å². The maximum Gasteiger partial charge on any atom is 0.407 e. The van der Waals surface area contributed by atoms with E-state index in [1.54, 1.807) is 39.0 Å². The molecule has 2 heterocycles. The molecule has 0 radical (unpaired) electrons. The van der Waals surface area contributed by atoms with Crippen molar-refractivity contribution < 1.29 is 28.6 Å². The number of carbonyl (C=O) groups is 3. The summed E-state index contributed by atoms with van der Waals surface area (Å²) in [6.45, 7) is 8.49. The van der Waals surface area contributed by atoms with Gasteiger partial charge >= 0.3 is 6.09 Å². The van der Waals surface area contributed by atoms with Gasteiger partial charge < -0.3 is 35.5 Å². The third-order valence-electron chi connectivity index (χ3n) is 6.22. The molecular formula is C30H35ClN6O6. The van der Waals surface area contributed by atoms with Crippen LogP contribution in [-0.2, 0) is 16.1 Å². The van der Waals surface area contributed by atoms with Crippen LogP contribution in [0.3, 0.4) is 0 Å². The topological polar surface area (TPSA) is 158 Å². The van der Waals surface area contributed by atoms with Crippen LogP contribution in [0, 0.1) is 6.92 Å². The molecule has 1 aliphatic rings. The molecule has 3 amide bonds. The molecule has 4 N–H and O–H groups in total. The van der Waals surface area contributed by atoms with Crippen molar-refractivity contribution in [2.24, 2.45) is 5.73 Å². The highest BCUT2D eigenvalue weighted by Crippen LogP contribution is 2.35. The molecule has 1 unspecified atom stereocenters. The highest BCUT2D eigenvalue weighted by Gasteiger charge is 2.34. The van der Waals surface area contributed by atoms with E-state index in [2.05, 4.69) is 20.6 Å². The maximum atomic E-state index is 14.1. The van der Waals surface area contributed by atoms with Crippen molar-refractivity contribution in [3.05, 3.63) is 76.1 Å². The third kappa shape index (κ3) is 8.48. The van der Waals surface area contributed by atoms with Crippen LogP contribution in [0.1, 0.15) is 54.0 Å². The lowest BCUT2D eigenvalue weighted by molar-refractivity contribution is -0.122. The molecule has 228 valence electrons. The SMILES string of the molecule is Cc1ccc(CN(C(=O)c2nc(NCCNC(=O)OC(C)(C)C)ncc2Cl)C(C(N)=O)c2ccc3c(c2)OCCO3)cc1. The third-order valence-corrected chi connectivity index (χ3v) is 6.50. The van der Waals surface area contributed by atoms with Crippen LogP contribution >= 0.6 is 11.6 Å². The van der Waals surface area contributed by atoms with Gasteiger partial charge in [0.1, 0.15) is 24.9 Å². The molecule has 1 atom stereocenters. The minimum Gasteiger partial charge on any atom is -0.486 e. The Kier molecular flexibility index (Phi) is 9.92. The molecule has 13 heteroatoms. The average molecular weight is 611 g/mol. The van der Waals surface area contributed by atoms with Gasteiger partial charge in [0.15, 0.2) is 17.2 Å². The van der Waals surface area contributed by atoms with Crippen molar-refractivity contribution in [3.8, 4) is 11.5 Å². The fourth-order valence-electron chi connectivity index (χ4n) is 4.29. The molecule has 0 saturated carbocycles. The number of rotatable bonds is 10. The molecule has 0 saturated heterocycles. The predicted octanol–water partition coefficient (Wildman–Crippen LogP) is 4.02. The predicted molar refractivity (Wildman–Crippen MR) is 160 cm³/mol. The lowest BCUT2D eigenvalue weighted by Gasteiger charge is -2.31. The Balaban J connectivity index is 1.61. The molecule has 0 aliphatic carbocycles. The number of nitrogens with two attached hydrogens (primary N) is 1. The van der Waals surface area contributed by atoms with E-state index >= 15 is 0 Å². The number of benzene rings is 2. The van der Waals surface area contributed by atoms with Gasteiger partial charge in [0.25, 0.3) is 5.91 Å². The van der Waals surface area contributed by atoms with E-state index in [0.29, 0.717) is 30.3 Å². The molecule has 1 aliphatic heterocycles. The number of alkyl carbamates (subject to hydrolysis) is 1. The first-order valence-corrected chi connectivity index (χ1v) is 14.1. The van der Waals surface area contributed by atoms with Gasteiger partial charge in [0, 0.05) is 19.6 Å². The first-order chi connectivity index (χ1) is 20.4. The van der Waals surface area contributed by atoms with Crippen LogP contribution in [0.15, 0.2) is 48.7 Å². The van der Waals surface area contributed by atoms with E-state index in [0.717, 1.165) is 11.1 Å². The number of carbonyl (C=O) groups excluding carboxylic acids is 3. The second kappa shape index (κ2) is 13.6. The number of aryl methyl sites for hydroxylation is 1. The Morgan fingerprint density at radius 3 is 2.44 bits per heavy atom. The van der Waals surface area contributed by atoms with Crippen molar-refractivity contribution in [2.75, 3.05) is 31.6 Å². The van der Waals surface area contributed by atoms with Crippen LogP contribution in [0.4, 0.5) is 10.7 Å². The van der Waals surface area contributed by atoms with Crippen molar-refractivity contribution >= 4 is 35.5 Å². The molecule has 0 spiro atoms. The number of ether oxygens (including phenoxy) is 3. The molecule has 4 rings (SSSR count). The first-order valence-electron chi connectivity index (χ1n) is 13.7. The Hall–Kier alpha value is -4.58. The van der Waals surface area contributed by atoms with Crippen molar-refractivity contribution in [1.29, 1.82) is 0 Å². The normalized spacial score (nSPS) is 13.0. The zero-order valence-electron chi connectivity index (χ0n) is 24.5. The van der Waals surface area contributed by atoms with E-state index < -0.39 is 29.6 Å². The highest BCUT2D eigenvalue weighted by atomic mass is 35.5. The Morgan fingerprint density at radius 2 is 1.77 bits per heavy atom. The zero-order chi connectivity index (χ0) is 31.1. The van der Waals surface area contributed by atoms with E-state index in [4.69, 9.17) is 31.5 Å². The van der Waals surface area contributed by atoms with Gasteiger partial charge in [0.05, 0.1) is 11.2 Å². The number of amides is 3. The number of hydrogen-bond donors (Lipinski definition) is 3. The monoisotopic (exact) mass is 610 g/mol. The number of hydrogen-bond acceptors (Lipinski definition) is 9. The molecule has 1 aromatic heterocycles. The van der Waals surface area contributed by atoms with Gasteiger partial charge in [-0.25, -0.2) is 14.8 Å². The molecule has 12 nitrogen and oxygen atoms in total. The number of primary amides is 1. The first kappa shape index (κ1) is 31.4. The number of anilines is 1. The summed E-state index contributed by atoms with van der Waals surface area (Å²) in [6, 6.07) is 11.4. The number of halogens is 1. The number of aromatic nitrogens is 2. The van der Waals surface area contributed by atoms with Gasteiger partial charge in [-0.15, -0.1) is 0 Å². The second-order valence-electron chi connectivity index (χ2n) is 10.9. The van der Waals surface area contributed by atoms with E-state index in [9.17, 15) is 14.4 Å². The molecule has 0 bridgehead atoms. The molecule has 43 heavy (non-hydrogen) atoms. The minimum absolute atomic E-state index is 0.0123. The van der Waals surface area contributed by atoms with Crippen LogP contribution in [0.5, 0.6) is 11.5 Å². The Labute approximate surface area is 254 Å². The minimum atomic E-state index is -1.19.